The number of carbonyl (C=O) groups excluding carboxylic acids is 2. The van der Waals surface area contributed by atoms with Crippen molar-refractivity contribution in [3.8, 4) is 0 Å². The quantitative estimate of drug-likeness (QED) is 0.182. The molecule has 3 aliphatic heterocycles. The van der Waals surface area contributed by atoms with Crippen molar-refractivity contribution in [1.82, 2.24) is 0 Å². The zero-order chi connectivity index (χ0) is 48.4. The number of fused-ring (bicyclic) bond motifs is 2. The molecule has 2 unspecified atom stereocenters. The van der Waals surface area contributed by atoms with E-state index in [1.807, 2.05) is 25.2 Å². The Kier molecular flexibility index (Phi) is 23.3. The molecule has 3 rings (SSSR count). The lowest BCUT2D eigenvalue weighted by Crippen LogP contribution is -2.57. The summed E-state index contributed by atoms with van der Waals surface area (Å²) >= 11 is 0. The van der Waals surface area contributed by atoms with Crippen LogP contribution in [0.2, 0.25) is 0 Å². The molecule has 65 heavy (non-hydrogen) atoms. The van der Waals surface area contributed by atoms with Crippen LogP contribution in [0.5, 0.6) is 0 Å². The predicted molar refractivity (Wildman–Crippen MR) is 237 cm³/mol. The molecule has 0 aliphatic carbocycles. The highest BCUT2D eigenvalue weighted by Crippen LogP contribution is 2.38. The lowest BCUT2D eigenvalue weighted by molar-refractivity contribution is -0.312. The van der Waals surface area contributed by atoms with Crippen LogP contribution >= 0.6 is 0 Å². The van der Waals surface area contributed by atoms with E-state index in [2.05, 4.69) is 0 Å². The van der Waals surface area contributed by atoms with Crippen molar-refractivity contribution < 1.29 is 84.4 Å². The minimum absolute atomic E-state index is 0.192. The molecule has 17 nitrogen and oxygen atoms in total. The first kappa shape index (κ1) is 55.6. The second-order valence-corrected chi connectivity index (χ2v) is 17.7. The maximum atomic E-state index is 12.7. The summed E-state index contributed by atoms with van der Waals surface area (Å²) in [6, 6.07) is 0. The molecule has 0 aromatic heterocycles. The summed E-state index contributed by atoms with van der Waals surface area (Å²) in [6.07, 6.45) is 4.92. The minimum atomic E-state index is -2.35. The molecule has 3 heterocycles. The highest BCUT2D eigenvalue weighted by atomic mass is 16.7. The molecular weight excluding hydrogens is 849 g/mol. The number of aliphatic carboxylic acids is 1. The summed E-state index contributed by atoms with van der Waals surface area (Å²) in [6.45, 7) is 8.40. The molecule has 0 spiro atoms. The van der Waals surface area contributed by atoms with E-state index in [1.54, 1.807) is 94.5 Å². The van der Waals surface area contributed by atoms with E-state index >= 15 is 0 Å². The average Bonchev–Trinajstić information content (AvgIpc) is 3.21. The van der Waals surface area contributed by atoms with Crippen molar-refractivity contribution in [2.75, 3.05) is 0 Å². The van der Waals surface area contributed by atoms with Crippen LogP contribution in [0.4, 0.5) is 0 Å². The van der Waals surface area contributed by atoms with Crippen LogP contribution in [0.15, 0.2) is 85.1 Å². The van der Waals surface area contributed by atoms with Gasteiger partial charge in [-0.05, 0) is 26.7 Å². The molecule has 0 saturated carbocycles. The summed E-state index contributed by atoms with van der Waals surface area (Å²) in [5.74, 6) is -8.14. The van der Waals surface area contributed by atoms with Crippen LogP contribution in [0.1, 0.15) is 86.0 Å². The molecule has 17 heteroatoms. The highest BCUT2D eigenvalue weighted by Gasteiger charge is 2.51. The zero-order valence-corrected chi connectivity index (χ0v) is 37.9. The zero-order valence-electron chi connectivity index (χ0n) is 37.9. The van der Waals surface area contributed by atoms with E-state index < -0.39 is 153 Å². The van der Waals surface area contributed by atoms with Gasteiger partial charge in [0.2, 0.25) is 0 Å². The van der Waals surface area contributed by atoms with Gasteiger partial charge in [0.15, 0.2) is 12.1 Å². The van der Waals surface area contributed by atoms with Crippen LogP contribution in [-0.4, -0.2) is 154 Å². The van der Waals surface area contributed by atoms with Gasteiger partial charge in [0.05, 0.1) is 67.5 Å². The van der Waals surface area contributed by atoms with Gasteiger partial charge >= 0.3 is 11.9 Å². The third kappa shape index (κ3) is 18.5. The summed E-state index contributed by atoms with van der Waals surface area (Å²) in [4.78, 5) is 37.7. The van der Waals surface area contributed by atoms with E-state index in [1.165, 1.54) is 0 Å². The van der Waals surface area contributed by atoms with Crippen LogP contribution in [0.25, 0.3) is 0 Å². The lowest BCUT2D eigenvalue weighted by atomic mass is 9.82. The number of carboxylic acid groups (broad SMARTS) is 1. The van der Waals surface area contributed by atoms with Crippen molar-refractivity contribution in [3.63, 3.8) is 0 Å². The topological polar surface area (TPSA) is 290 Å². The Hall–Kier alpha value is -3.69. The van der Waals surface area contributed by atoms with Crippen molar-refractivity contribution in [1.29, 1.82) is 0 Å². The van der Waals surface area contributed by atoms with Crippen LogP contribution in [0.3, 0.4) is 0 Å². The van der Waals surface area contributed by atoms with Gasteiger partial charge in [0, 0.05) is 49.9 Å². The van der Waals surface area contributed by atoms with Gasteiger partial charge in [0.1, 0.15) is 23.9 Å². The van der Waals surface area contributed by atoms with Crippen molar-refractivity contribution in [2.45, 2.75) is 171 Å². The number of ether oxygens (including phenoxy) is 4. The molecule has 2 bridgehead atoms. The third-order valence-corrected chi connectivity index (χ3v) is 12.2. The van der Waals surface area contributed by atoms with Crippen molar-refractivity contribution in [3.05, 3.63) is 85.1 Å². The van der Waals surface area contributed by atoms with Crippen LogP contribution in [-0.2, 0) is 33.3 Å². The normalized spacial score (nSPS) is 44.4. The van der Waals surface area contributed by atoms with Crippen molar-refractivity contribution in [2.24, 2.45) is 23.7 Å². The molecule has 2 fully saturated rings. The van der Waals surface area contributed by atoms with Crippen LogP contribution < -0.4 is 0 Å². The van der Waals surface area contributed by atoms with Gasteiger partial charge in [-0.3, -0.25) is 14.4 Å². The maximum absolute atomic E-state index is 12.7. The number of carbonyl (C=O) groups is 3. The maximum Gasteiger partial charge on any atom is 0.311 e. The van der Waals surface area contributed by atoms with E-state index in [-0.39, 0.29) is 25.2 Å². The summed E-state index contributed by atoms with van der Waals surface area (Å²) in [7, 11) is 0. The van der Waals surface area contributed by atoms with Gasteiger partial charge in [-0.15, -0.1) is 0 Å². The first-order valence-corrected chi connectivity index (χ1v) is 22.4. The fraction of sp³-hybridized carbons (Fsp3) is 0.646. The van der Waals surface area contributed by atoms with Gasteiger partial charge in [-0.25, -0.2) is 0 Å². The SMILES string of the molecule is C[C@@H]1[C@H](O)[C@H](O[C@H]2/C=C/C=C/C=C/C=C/C=C/C=C/C=C/[C@H](C)[C@@H](O)[C@@H](C)[C@H](C)OC(=O)C[C@H](O)CC(=O)CC(O)CCC(O)[C@H](O)C[C@]3(O)C[C@H](O)[C@@H](C(=O)O)[C@H](C2)O3)O[C@H](C)[C@H]1O. The number of carboxylic acids is 1. The number of rotatable bonds is 3. The number of esters is 1. The molecule has 0 aromatic rings. The van der Waals surface area contributed by atoms with E-state index in [9.17, 15) is 65.4 Å². The number of aliphatic hydroxyl groups excluding tert-OH is 8. The Morgan fingerprint density at radius 1 is 0.631 bits per heavy atom. The standard InChI is InChI=1S/C48H72O17/c1-28-18-16-14-12-10-8-6-7-9-11-13-15-17-19-36(64-47-45(58)30(3)44(57)32(5)63-47)25-40-42(46(59)60)39(54)27-48(61,65-40)26-38(53)37(52)21-20-33(49)22-34(50)23-35(51)24-41(55)62-31(4)29(2)43(28)56/h6-19,28-33,35-40,42-45,47,49,51-54,56-58,61H,20-27H2,1-5H3,(H,59,60)/b7-6+,10-8+,11-9+,14-12+,15-13+,18-16+,19-17+/t28-,29-,30-,31-,32+,33?,35+,36-,37?,38+,39-,40-,42+,43+,44-,45-,47-,48+/m0/s1. The Balaban J connectivity index is 1.86. The summed E-state index contributed by atoms with van der Waals surface area (Å²) in [5.41, 5.74) is 0. The van der Waals surface area contributed by atoms with Gasteiger partial charge in [-0.2, -0.15) is 0 Å². The smallest absolute Gasteiger partial charge is 0.311 e. The number of Topliss-reactive ketones (excluding diaryl/α,β-unsaturated/α-hetero) is 1. The molecule has 2 saturated heterocycles. The van der Waals surface area contributed by atoms with E-state index in [0.717, 1.165) is 0 Å². The number of aliphatic hydroxyl groups is 9. The summed E-state index contributed by atoms with van der Waals surface area (Å²) < 4.78 is 23.3. The molecule has 366 valence electrons. The molecule has 18 atom stereocenters. The van der Waals surface area contributed by atoms with Gasteiger partial charge in [-0.1, -0.05) is 106 Å². The second kappa shape index (κ2) is 27.2. The highest BCUT2D eigenvalue weighted by molar-refractivity contribution is 5.80. The number of ketones is 1. The molecule has 0 amide bonds. The fourth-order valence-corrected chi connectivity index (χ4v) is 7.99. The Morgan fingerprint density at radius 3 is 1.75 bits per heavy atom. The average molecular weight is 921 g/mol. The fourth-order valence-electron chi connectivity index (χ4n) is 7.99. The molecule has 10 N–H and O–H groups in total. The molecule has 0 radical (unpaired) electrons. The number of hydrogen-bond acceptors (Lipinski definition) is 16. The Morgan fingerprint density at radius 2 is 1.17 bits per heavy atom. The van der Waals surface area contributed by atoms with Gasteiger partial charge < -0.3 is 70.0 Å². The first-order valence-electron chi connectivity index (χ1n) is 22.4. The van der Waals surface area contributed by atoms with Crippen LogP contribution in [0, 0.1) is 23.7 Å². The third-order valence-electron chi connectivity index (χ3n) is 12.2. The lowest BCUT2D eigenvalue weighted by Gasteiger charge is -2.45. The molecule has 3 aliphatic rings. The summed E-state index contributed by atoms with van der Waals surface area (Å²) in [5, 5.41) is 108. The number of hydrogen-bond donors (Lipinski definition) is 10. The Bertz CT molecular complexity index is 1700. The minimum Gasteiger partial charge on any atom is -0.481 e. The number of allylic oxidation sites excluding steroid dienone is 12. The molecule has 0 aromatic carbocycles. The van der Waals surface area contributed by atoms with E-state index in [0.29, 0.717) is 0 Å². The number of cyclic esters (lactones) is 1. The monoisotopic (exact) mass is 920 g/mol. The largest absolute Gasteiger partial charge is 0.481 e. The predicted octanol–water partition coefficient (Wildman–Crippen LogP) is 2.23. The van der Waals surface area contributed by atoms with E-state index in [4.69, 9.17) is 18.9 Å². The second-order valence-electron chi connectivity index (χ2n) is 17.7. The Labute approximate surface area is 381 Å². The first-order chi connectivity index (χ1) is 30.6. The van der Waals surface area contributed by atoms with Gasteiger partial charge in [0.25, 0.3) is 0 Å². The van der Waals surface area contributed by atoms with Crippen molar-refractivity contribution >= 4 is 17.7 Å². The molecular formula is C48H72O17.